The maximum atomic E-state index is 11.8. The van der Waals surface area contributed by atoms with E-state index in [-0.39, 0.29) is 11.6 Å². The number of anilines is 1. The van der Waals surface area contributed by atoms with Crippen LogP contribution < -0.4 is 11.0 Å². The van der Waals surface area contributed by atoms with Gasteiger partial charge >= 0.3 is 5.69 Å². The third-order valence-corrected chi connectivity index (χ3v) is 4.96. The Kier molecular flexibility index (Phi) is 5.87. The second-order valence-corrected chi connectivity index (χ2v) is 7.06. The first-order valence-electron chi connectivity index (χ1n) is 8.89. The van der Waals surface area contributed by atoms with Gasteiger partial charge in [0.05, 0.1) is 16.9 Å². The smallest absolute Gasteiger partial charge is 0.330 e. The van der Waals surface area contributed by atoms with Crippen LogP contribution in [0.25, 0.3) is 0 Å². The van der Waals surface area contributed by atoms with Crippen LogP contribution in [0.2, 0.25) is 5.02 Å². The molecule has 3 rings (SSSR count). The van der Waals surface area contributed by atoms with Crippen LogP contribution in [0.5, 0.6) is 5.88 Å². The van der Waals surface area contributed by atoms with E-state index in [4.69, 9.17) is 17.1 Å². The van der Waals surface area contributed by atoms with E-state index in [9.17, 15) is 9.90 Å². The fourth-order valence-corrected chi connectivity index (χ4v) is 2.97. The van der Waals surface area contributed by atoms with E-state index in [1.165, 1.54) is 35.2 Å². The quantitative estimate of drug-likeness (QED) is 0.382. The highest BCUT2D eigenvalue weighted by Gasteiger charge is 2.21. The zero-order valence-electron chi connectivity index (χ0n) is 15.1. The molecule has 0 bridgehead atoms. The standard InChI is InChI=1S/C19H22ClN5O2/c1-24-16(26)12-25(19(24)27)10-4-2-3-5-14-8-9-15(18(23-21)17(14)20)22-11-13-6-7-13/h8-9,12-13,21-22,26H,2,4,6-7,10-11H2,1H3. The summed E-state index contributed by atoms with van der Waals surface area (Å²) in [6.45, 7) is 1.35. The van der Waals surface area contributed by atoms with Crippen LogP contribution in [0.15, 0.2) is 28.2 Å². The zero-order valence-corrected chi connectivity index (χ0v) is 15.9. The first-order chi connectivity index (χ1) is 13.0. The van der Waals surface area contributed by atoms with Crippen molar-refractivity contribution >= 4 is 23.0 Å². The number of nitrogens with one attached hydrogen (secondary N) is 2. The molecule has 1 aliphatic rings. The summed E-state index contributed by atoms with van der Waals surface area (Å²) in [6.07, 6.45) is 5.15. The lowest BCUT2D eigenvalue weighted by Gasteiger charge is -2.10. The number of halogens is 1. The minimum atomic E-state index is -0.250. The number of unbranched alkanes of at least 4 members (excludes halogenated alkanes) is 1. The molecule has 1 saturated carbocycles. The van der Waals surface area contributed by atoms with Crippen LogP contribution in [0, 0.1) is 23.3 Å². The van der Waals surface area contributed by atoms with Gasteiger partial charge in [-0.15, -0.1) is 0 Å². The van der Waals surface area contributed by atoms with Gasteiger partial charge < -0.3 is 10.4 Å². The number of hydrogen-bond acceptors (Lipinski definition) is 5. The number of aryl methyl sites for hydroxylation is 1. The predicted octanol–water partition coefficient (Wildman–Crippen LogP) is 3.86. The Hall–Kier alpha value is -2.72. The van der Waals surface area contributed by atoms with Gasteiger partial charge in [0, 0.05) is 32.1 Å². The van der Waals surface area contributed by atoms with Crippen molar-refractivity contribution in [2.75, 3.05) is 11.9 Å². The third-order valence-electron chi connectivity index (χ3n) is 4.58. The van der Waals surface area contributed by atoms with Gasteiger partial charge in [0.15, 0.2) is 0 Å². The van der Waals surface area contributed by atoms with Gasteiger partial charge in [0.25, 0.3) is 0 Å². The van der Waals surface area contributed by atoms with Gasteiger partial charge in [-0.3, -0.25) is 9.13 Å². The highest BCUT2D eigenvalue weighted by atomic mass is 35.5. The maximum Gasteiger partial charge on any atom is 0.330 e. The Morgan fingerprint density at radius 3 is 2.85 bits per heavy atom. The van der Waals surface area contributed by atoms with Crippen LogP contribution in [0.1, 0.15) is 31.2 Å². The molecule has 1 heterocycles. The van der Waals surface area contributed by atoms with Crippen LogP contribution in [-0.4, -0.2) is 20.8 Å². The average molecular weight is 388 g/mol. The second-order valence-electron chi connectivity index (χ2n) is 6.69. The number of nitrogens with zero attached hydrogens (tertiary/aromatic N) is 3. The Labute approximate surface area is 162 Å². The van der Waals surface area contributed by atoms with Crippen molar-refractivity contribution in [2.45, 2.75) is 32.2 Å². The second kappa shape index (κ2) is 8.31. The van der Waals surface area contributed by atoms with Crippen LogP contribution in [0.3, 0.4) is 0 Å². The number of imidazole rings is 1. The van der Waals surface area contributed by atoms with E-state index in [0.29, 0.717) is 41.6 Å². The molecule has 0 unspecified atom stereocenters. The molecule has 142 valence electrons. The number of rotatable bonds is 7. The summed E-state index contributed by atoms with van der Waals surface area (Å²) in [5.41, 5.74) is 8.95. The fourth-order valence-electron chi connectivity index (χ4n) is 2.72. The van der Waals surface area contributed by atoms with E-state index in [1.54, 1.807) is 0 Å². The lowest BCUT2D eigenvalue weighted by molar-refractivity contribution is 0.429. The van der Waals surface area contributed by atoms with E-state index < -0.39 is 0 Å². The van der Waals surface area contributed by atoms with Crippen LogP contribution in [-0.2, 0) is 13.6 Å². The summed E-state index contributed by atoms with van der Waals surface area (Å²) in [5, 5.41) is 16.8. The summed E-state index contributed by atoms with van der Waals surface area (Å²) < 4.78 is 2.65. The molecule has 1 fully saturated rings. The third kappa shape index (κ3) is 4.52. The van der Waals surface area contributed by atoms with Crippen LogP contribution in [0.4, 0.5) is 11.4 Å². The predicted molar refractivity (Wildman–Crippen MR) is 105 cm³/mol. The van der Waals surface area contributed by atoms with E-state index in [1.807, 2.05) is 12.1 Å². The van der Waals surface area contributed by atoms with E-state index >= 15 is 0 Å². The molecule has 3 N–H and O–H groups in total. The molecule has 0 aliphatic heterocycles. The van der Waals surface area contributed by atoms with Gasteiger partial charge in [-0.25, -0.2) is 10.3 Å². The Balaban J connectivity index is 1.61. The lowest BCUT2D eigenvalue weighted by Crippen LogP contribution is -2.21. The number of aromatic nitrogens is 2. The molecule has 2 aromatic rings. The monoisotopic (exact) mass is 387 g/mol. The molecule has 8 heteroatoms. The Morgan fingerprint density at radius 1 is 1.44 bits per heavy atom. The SMILES string of the molecule is Cn1c(O)cn(CCCC#Cc2ccc(NCC3CC3)c(N=N)c2Cl)c1=O. The largest absolute Gasteiger partial charge is 0.493 e. The first-order valence-corrected chi connectivity index (χ1v) is 9.27. The summed E-state index contributed by atoms with van der Waals surface area (Å²) in [4.78, 5) is 11.8. The Morgan fingerprint density at radius 2 is 2.22 bits per heavy atom. The summed E-state index contributed by atoms with van der Waals surface area (Å²) in [7, 11) is 1.52. The van der Waals surface area contributed by atoms with Gasteiger partial charge in [-0.2, -0.15) is 5.11 Å². The summed E-state index contributed by atoms with van der Waals surface area (Å²) in [5.74, 6) is 6.71. The molecule has 27 heavy (non-hydrogen) atoms. The Bertz CT molecular complexity index is 963. The molecule has 0 saturated heterocycles. The van der Waals surface area contributed by atoms with Gasteiger partial charge in [-0.05, 0) is 37.3 Å². The maximum absolute atomic E-state index is 11.8. The van der Waals surface area contributed by atoms with Crippen molar-refractivity contribution in [2.24, 2.45) is 18.1 Å². The molecule has 7 nitrogen and oxygen atoms in total. The van der Waals surface area contributed by atoms with Crippen molar-refractivity contribution in [1.29, 1.82) is 5.53 Å². The van der Waals surface area contributed by atoms with Gasteiger partial charge in [0.2, 0.25) is 5.88 Å². The molecule has 1 aliphatic carbocycles. The average Bonchev–Trinajstić information content (AvgIpc) is 3.45. The minimum Gasteiger partial charge on any atom is -0.493 e. The fraction of sp³-hybridized carbons (Fsp3) is 0.421. The molecular weight excluding hydrogens is 366 g/mol. The molecule has 1 aromatic carbocycles. The first kappa shape index (κ1) is 19.1. The van der Waals surface area contributed by atoms with Crippen molar-refractivity contribution in [3.8, 4) is 17.7 Å². The summed E-state index contributed by atoms with van der Waals surface area (Å²) >= 11 is 6.36. The van der Waals surface area contributed by atoms with Gasteiger partial charge in [-0.1, -0.05) is 23.4 Å². The van der Waals surface area contributed by atoms with Crippen molar-refractivity contribution in [1.82, 2.24) is 9.13 Å². The highest BCUT2D eigenvalue weighted by molar-refractivity contribution is 6.34. The summed E-state index contributed by atoms with van der Waals surface area (Å²) in [6, 6.07) is 3.69. The number of benzene rings is 1. The number of aromatic hydroxyl groups is 1. The van der Waals surface area contributed by atoms with Crippen LogP contribution >= 0.6 is 11.6 Å². The van der Waals surface area contributed by atoms with Crippen molar-refractivity contribution in [3.63, 3.8) is 0 Å². The molecule has 0 amide bonds. The van der Waals surface area contributed by atoms with E-state index in [2.05, 4.69) is 22.3 Å². The van der Waals surface area contributed by atoms with Crippen molar-refractivity contribution in [3.05, 3.63) is 39.4 Å². The molecule has 1 aromatic heterocycles. The minimum absolute atomic E-state index is 0.0556. The van der Waals surface area contributed by atoms with Gasteiger partial charge in [0.1, 0.15) is 5.69 Å². The lowest BCUT2D eigenvalue weighted by atomic mass is 10.1. The highest BCUT2D eigenvalue weighted by Crippen LogP contribution is 2.37. The molecular formula is C19H22ClN5O2. The van der Waals surface area contributed by atoms with Crippen molar-refractivity contribution < 1.29 is 5.11 Å². The molecule has 0 spiro atoms. The van der Waals surface area contributed by atoms with E-state index in [0.717, 1.165) is 12.2 Å². The normalized spacial score (nSPS) is 13.1. The topological polar surface area (TPSA) is 95.4 Å². The molecule has 0 radical (unpaired) electrons. The molecule has 0 atom stereocenters. The zero-order chi connectivity index (χ0) is 19.4. The number of hydrogen-bond donors (Lipinski definition) is 3.